The van der Waals surface area contributed by atoms with Crippen LogP contribution in [0.15, 0.2) is 42.5 Å². The predicted molar refractivity (Wildman–Crippen MR) is 107 cm³/mol. The fraction of sp³-hybridized carbons (Fsp3) is 0.455. The largest absolute Gasteiger partial charge is 0.352 e. The van der Waals surface area contributed by atoms with Crippen LogP contribution in [0, 0.1) is 5.92 Å². The van der Waals surface area contributed by atoms with Crippen molar-refractivity contribution < 1.29 is 9.59 Å². The SMILES string of the molecule is O=C(N[C@H]1CCCNC1)C1CCN(C(=O)c2cccc3ccccc23)CC1. The molecule has 27 heavy (non-hydrogen) atoms. The number of carbonyl (C=O) groups excluding carboxylic acids is 2. The van der Waals surface area contributed by atoms with E-state index in [9.17, 15) is 9.59 Å². The first-order chi connectivity index (χ1) is 13.2. The molecular formula is C22H27N3O2. The molecular weight excluding hydrogens is 338 g/mol. The molecule has 0 aliphatic carbocycles. The number of carbonyl (C=O) groups is 2. The van der Waals surface area contributed by atoms with Gasteiger partial charge in [0, 0.05) is 37.2 Å². The van der Waals surface area contributed by atoms with E-state index in [-0.39, 0.29) is 23.8 Å². The van der Waals surface area contributed by atoms with Crippen LogP contribution in [0.2, 0.25) is 0 Å². The summed E-state index contributed by atoms with van der Waals surface area (Å²) in [6.45, 7) is 3.19. The Morgan fingerprint density at radius 2 is 1.78 bits per heavy atom. The Morgan fingerprint density at radius 1 is 1.00 bits per heavy atom. The molecule has 142 valence electrons. The van der Waals surface area contributed by atoms with E-state index in [0.717, 1.165) is 55.1 Å². The molecule has 4 rings (SSSR count). The van der Waals surface area contributed by atoms with Gasteiger partial charge in [-0.1, -0.05) is 36.4 Å². The lowest BCUT2D eigenvalue weighted by Gasteiger charge is -2.33. The molecule has 2 aliphatic heterocycles. The van der Waals surface area contributed by atoms with Gasteiger partial charge in [-0.15, -0.1) is 0 Å². The lowest BCUT2D eigenvalue weighted by Crippen LogP contribution is -2.49. The topological polar surface area (TPSA) is 61.4 Å². The lowest BCUT2D eigenvalue weighted by atomic mass is 9.94. The molecule has 0 aromatic heterocycles. The Morgan fingerprint density at radius 3 is 2.56 bits per heavy atom. The van der Waals surface area contributed by atoms with Crippen LogP contribution < -0.4 is 10.6 Å². The van der Waals surface area contributed by atoms with E-state index in [2.05, 4.69) is 10.6 Å². The molecule has 0 saturated carbocycles. The highest BCUT2D eigenvalue weighted by Crippen LogP contribution is 2.24. The van der Waals surface area contributed by atoms with E-state index in [0.29, 0.717) is 13.1 Å². The van der Waals surface area contributed by atoms with Crippen molar-refractivity contribution in [2.45, 2.75) is 31.7 Å². The maximum Gasteiger partial charge on any atom is 0.254 e. The Bertz CT molecular complexity index is 816. The molecule has 2 aromatic rings. The van der Waals surface area contributed by atoms with Crippen LogP contribution in [-0.2, 0) is 4.79 Å². The highest BCUT2D eigenvalue weighted by atomic mass is 16.2. The smallest absolute Gasteiger partial charge is 0.254 e. The van der Waals surface area contributed by atoms with E-state index >= 15 is 0 Å². The Balaban J connectivity index is 1.37. The molecule has 0 radical (unpaired) electrons. The third-order valence-corrected chi connectivity index (χ3v) is 5.82. The molecule has 0 unspecified atom stereocenters. The molecule has 0 bridgehead atoms. The zero-order valence-corrected chi connectivity index (χ0v) is 15.6. The molecule has 5 nitrogen and oxygen atoms in total. The van der Waals surface area contributed by atoms with Gasteiger partial charge in [0.15, 0.2) is 0 Å². The van der Waals surface area contributed by atoms with Gasteiger partial charge < -0.3 is 15.5 Å². The number of benzene rings is 2. The van der Waals surface area contributed by atoms with Crippen LogP contribution in [0.4, 0.5) is 0 Å². The second-order valence-corrected chi connectivity index (χ2v) is 7.65. The van der Waals surface area contributed by atoms with Crippen molar-refractivity contribution in [3.63, 3.8) is 0 Å². The van der Waals surface area contributed by atoms with Crippen LogP contribution in [-0.4, -0.2) is 48.9 Å². The van der Waals surface area contributed by atoms with Gasteiger partial charge in [0.05, 0.1) is 0 Å². The lowest BCUT2D eigenvalue weighted by molar-refractivity contribution is -0.127. The van der Waals surface area contributed by atoms with Gasteiger partial charge in [0.2, 0.25) is 5.91 Å². The highest BCUT2D eigenvalue weighted by Gasteiger charge is 2.29. The fourth-order valence-electron chi connectivity index (χ4n) is 4.22. The Kier molecular flexibility index (Phi) is 5.39. The first-order valence-corrected chi connectivity index (χ1v) is 10.0. The number of piperidine rings is 2. The molecule has 1 atom stereocenters. The summed E-state index contributed by atoms with van der Waals surface area (Å²) in [5.74, 6) is 0.242. The van der Waals surface area contributed by atoms with Gasteiger partial charge in [-0.2, -0.15) is 0 Å². The van der Waals surface area contributed by atoms with Crippen molar-refractivity contribution in [2.75, 3.05) is 26.2 Å². The van der Waals surface area contributed by atoms with Crippen molar-refractivity contribution in [3.8, 4) is 0 Å². The molecule has 5 heteroatoms. The minimum atomic E-state index is 0.0171. The van der Waals surface area contributed by atoms with Crippen molar-refractivity contribution in [3.05, 3.63) is 48.0 Å². The maximum absolute atomic E-state index is 13.0. The minimum Gasteiger partial charge on any atom is -0.352 e. The summed E-state index contributed by atoms with van der Waals surface area (Å²) in [7, 11) is 0. The molecule has 2 N–H and O–H groups in total. The summed E-state index contributed by atoms with van der Waals surface area (Å²) in [6, 6.07) is 14.1. The first-order valence-electron chi connectivity index (χ1n) is 10.0. The minimum absolute atomic E-state index is 0.0171. The molecule has 2 aromatic carbocycles. The second kappa shape index (κ2) is 8.09. The zero-order chi connectivity index (χ0) is 18.6. The maximum atomic E-state index is 13.0. The van der Waals surface area contributed by atoms with Crippen molar-refractivity contribution in [1.29, 1.82) is 0 Å². The number of hydrogen-bond donors (Lipinski definition) is 2. The molecule has 2 amide bonds. The second-order valence-electron chi connectivity index (χ2n) is 7.65. The summed E-state index contributed by atoms with van der Waals surface area (Å²) in [4.78, 5) is 27.5. The van der Waals surface area contributed by atoms with E-state index < -0.39 is 0 Å². The fourth-order valence-corrected chi connectivity index (χ4v) is 4.22. The van der Waals surface area contributed by atoms with Gasteiger partial charge in [0.1, 0.15) is 0 Å². The monoisotopic (exact) mass is 365 g/mol. The standard InChI is InChI=1S/C22H27N3O2/c26-21(24-18-7-4-12-23-15-18)17-10-13-25(14-11-17)22(27)20-9-3-6-16-5-1-2-8-19(16)20/h1-3,5-6,8-9,17-18,23H,4,7,10-15H2,(H,24,26)/t18-/m0/s1. The molecule has 2 heterocycles. The summed E-state index contributed by atoms with van der Waals surface area (Å²) in [6.07, 6.45) is 3.64. The third-order valence-electron chi connectivity index (χ3n) is 5.82. The van der Waals surface area contributed by atoms with Crippen LogP contribution in [0.25, 0.3) is 10.8 Å². The van der Waals surface area contributed by atoms with Gasteiger partial charge in [-0.05, 0) is 49.1 Å². The van der Waals surface area contributed by atoms with Crippen molar-refractivity contribution in [1.82, 2.24) is 15.5 Å². The van der Waals surface area contributed by atoms with Crippen LogP contribution >= 0.6 is 0 Å². The number of nitrogens with zero attached hydrogens (tertiary/aromatic N) is 1. The van der Waals surface area contributed by atoms with Gasteiger partial charge in [0.25, 0.3) is 5.91 Å². The summed E-state index contributed by atoms with van der Waals surface area (Å²) < 4.78 is 0. The number of amides is 2. The Labute approximate surface area is 160 Å². The number of rotatable bonds is 3. The predicted octanol–water partition coefficient (Wildman–Crippen LogP) is 2.56. The number of hydrogen-bond acceptors (Lipinski definition) is 3. The van der Waals surface area contributed by atoms with E-state index in [1.165, 1.54) is 0 Å². The quantitative estimate of drug-likeness (QED) is 0.879. The van der Waals surface area contributed by atoms with Crippen molar-refractivity contribution >= 4 is 22.6 Å². The molecule has 2 fully saturated rings. The summed E-state index contributed by atoms with van der Waals surface area (Å²) in [5, 5.41) is 8.59. The normalized spacial score (nSPS) is 21.2. The van der Waals surface area contributed by atoms with Gasteiger partial charge in [-0.3, -0.25) is 9.59 Å². The summed E-state index contributed by atoms with van der Waals surface area (Å²) >= 11 is 0. The summed E-state index contributed by atoms with van der Waals surface area (Å²) in [5.41, 5.74) is 0.754. The molecule has 2 saturated heterocycles. The van der Waals surface area contributed by atoms with Crippen LogP contribution in [0.5, 0.6) is 0 Å². The number of likely N-dealkylation sites (tertiary alicyclic amines) is 1. The van der Waals surface area contributed by atoms with E-state index in [1.807, 2.05) is 47.4 Å². The van der Waals surface area contributed by atoms with Gasteiger partial charge >= 0.3 is 0 Å². The number of nitrogens with one attached hydrogen (secondary N) is 2. The first kappa shape index (κ1) is 18.0. The third kappa shape index (κ3) is 3.98. The van der Waals surface area contributed by atoms with E-state index in [4.69, 9.17) is 0 Å². The number of fused-ring (bicyclic) bond motifs is 1. The van der Waals surface area contributed by atoms with E-state index in [1.54, 1.807) is 0 Å². The average Bonchev–Trinajstić information content (AvgIpc) is 2.73. The molecule has 2 aliphatic rings. The van der Waals surface area contributed by atoms with Crippen molar-refractivity contribution in [2.24, 2.45) is 5.92 Å². The van der Waals surface area contributed by atoms with Crippen LogP contribution in [0.3, 0.4) is 0 Å². The average molecular weight is 365 g/mol. The van der Waals surface area contributed by atoms with Crippen LogP contribution in [0.1, 0.15) is 36.0 Å². The zero-order valence-electron chi connectivity index (χ0n) is 15.6. The highest BCUT2D eigenvalue weighted by molar-refractivity contribution is 6.07. The Hall–Kier alpha value is -2.40. The van der Waals surface area contributed by atoms with Gasteiger partial charge in [-0.25, -0.2) is 0 Å². The molecule has 0 spiro atoms.